The van der Waals surface area contributed by atoms with Crippen LogP contribution in [0.3, 0.4) is 0 Å². The zero-order chi connectivity index (χ0) is 17.9. The summed E-state index contributed by atoms with van der Waals surface area (Å²) in [7, 11) is 0. The highest BCUT2D eigenvalue weighted by Gasteiger charge is 2.20. The van der Waals surface area contributed by atoms with Crippen LogP contribution in [0.15, 0.2) is 60.9 Å². The molecule has 132 valence electrons. The molecule has 0 amide bonds. The fraction of sp³-hybridized carbons (Fsp3) is 0.190. The quantitative estimate of drug-likeness (QED) is 0.722. The molecule has 1 aliphatic heterocycles. The van der Waals surface area contributed by atoms with Gasteiger partial charge >= 0.3 is 0 Å². The number of benzene rings is 2. The Morgan fingerprint density at radius 2 is 2.04 bits per heavy atom. The Bertz CT molecular complexity index is 915. The summed E-state index contributed by atoms with van der Waals surface area (Å²) in [5.41, 5.74) is 3.08. The number of fused-ring (bicyclic) bond motifs is 1. The average molecular weight is 348 g/mol. The maximum atomic E-state index is 9.65. The molecular formula is C21H20N2O3. The molecule has 0 spiro atoms. The van der Waals surface area contributed by atoms with Crippen LogP contribution in [0.25, 0.3) is 5.57 Å². The number of rotatable bonds is 5. The fourth-order valence-electron chi connectivity index (χ4n) is 3.03. The molecule has 2 aromatic carbocycles. The standard InChI is InChI=1S/C21H20N2O3/c1-14-12-20(26-19-7-4-16(24)13-18(14)19)15-2-5-17(6-3-15)25-11-8-21-22-9-10-23-21/h2-7,9-10,12-13,20,24H,8,11H2,1H3,(H,22,23). The van der Waals surface area contributed by atoms with Gasteiger partial charge in [0, 0.05) is 24.4 Å². The number of phenols is 1. The van der Waals surface area contributed by atoms with Crippen LogP contribution in [-0.2, 0) is 6.42 Å². The molecular weight excluding hydrogens is 328 g/mol. The number of nitrogens with one attached hydrogen (secondary N) is 1. The summed E-state index contributed by atoms with van der Waals surface area (Å²) in [5.74, 6) is 2.77. The van der Waals surface area contributed by atoms with E-state index in [1.165, 1.54) is 0 Å². The zero-order valence-corrected chi connectivity index (χ0v) is 14.5. The summed E-state index contributed by atoms with van der Waals surface area (Å²) in [4.78, 5) is 7.24. The van der Waals surface area contributed by atoms with Crippen molar-refractivity contribution in [1.29, 1.82) is 0 Å². The number of imidazole rings is 1. The van der Waals surface area contributed by atoms with Crippen molar-refractivity contribution in [3.05, 3.63) is 77.9 Å². The van der Waals surface area contributed by atoms with Crippen molar-refractivity contribution in [2.24, 2.45) is 0 Å². The molecule has 2 N–H and O–H groups in total. The van der Waals surface area contributed by atoms with Gasteiger partial charge in [0.2, 0.25) is 0 Å². The highest BCUT2D eigenvalue weighted by molar-refractivity contribution is 5.72. The monoisotopic (exact) mass is 348 g/mol. The molecule has 26 heavy (non-hydrogen) atoms. The topological polar surface area (TPSA) is 67.4 Å². The molecule has 3 aromatic rings. The molecule has 0 bridgehead atoms. The van der Waals surface area contributed by atoms with Gasteiger partial charge in [0.25, 0.3) is 0 Å². The van der Waals surface area contributed by atoms with E-state index in [1.807, 2.05) is 37.4 Å². The summed E-state index contributed by atoms with van der Waals surface area (Å²) < 4.78 is 11.8. The second kappa shape index (κ2) is 6.96. The highest BCUT2D eigenvalue weighted by atomic mass is 16.5. The van der Waals surface area contributed by atoms with Gasteiger partial charge < -0.3 is 19.6 Å². The van der Waals surface area contributed by atoms with Gasteiger partial charge in [-0.05, 0) is 54.5 Å². The van der Waals surface area contributed by atoms with E-state index < -0.39 is 0 Å². The molecule has 0 fully saturated rings. The lowest BCUT2D eigenvalue weighted by Crippen LogP contribution is -2.10. The Kier molecular flexibility index (Phi) is 4.35. The van der Waals surface area contributed by atoms with E-state index in [4.69, 9.17) is 9.47 Å². The minimum absolute atomic E-state index is 0.149. The lowest BCUT2D eigenvalue weighted by atomic mass is 9.98. The van der Waals surface area contributed by atoms with Crippen LogP contribution in [0.1, 0.15) is 30.0 Å². The SMILES string of the molecule is CC1=CC(c2ccc(OCCc3ncc[nH]3)cc2)Oc2ccc(O)cc21. The van der Waals surface area contributed by atoms with E-state index >= 15 is 0 Å². The second-order valence-electron chi connectivity index (χ2n) is 6.27. The van der Waals surface area contributed by atoms with Crippen LogP contribution >= 0.6 is 0 Å². The minimum Gasteiger partial charge on any atom is -0.508 e. The predicted molar refractivity (Wildman–Crippen MR) is 99.4 cm³/mol. The van der Waals surface area contributed by atoms with Gasteiger partial charge in [-0.2, -0.15) is 0 Å². The van der Waals surface area contributed by atoms with E-state index in [0.29, 0.717) is 6.61 Å². The summed E-state index contributed by atoms with van der Waals surface area (Å²) in [6.07, 6.45) is 6.21. The maximum absolute atomic E-state index is 9.65. The third-order valence-corrected chi connectivity index (χ3v) is 4.41. The Hall–Kier alpha value is -3.21. The van der Waals surface area contributed by atoms with E-state index in [1.54, 1.807) is 24.4 Å². The number of nitrogens with zero attached hydrogens (tertiary/aromatic N) is 1. The number of hydrogen-bond donors (Lipinski definition) is 2. The first-order valence-electron chi connectivity index (χ1n) is 8.58. The molecule has 0 saturated heterocycles. The number of aromatic amines is 1. The number of ether oxygens (including phenoxy) is 2. The molecule has 0 saturated carbocycles. The van der Waals surface area contributed by atoms with Crippen molar-refractivity contribution in [3.8, 4) is 17.2 Å². The number of hydrogen-bond acceptors (Lipinski definition) is 4. The third kappa shape index (κ3) is 3.42. The van der Waals surface area contributed by atoms with Crippen molar-refractivity contribution in [3.63, 3.8) is 0 Å². The van der Waals surface area contributed by atoms with Crippen LogP contribution in [0.2, 0.25) is 0 Å². The average Bonchev–Trinajstić information content (AvgIpc) is 3.16. The Morgan fingerprint density at radius 3 is 2.81 bits per heavy atom. The van der Waals surface area contributed by atoms with Crippen molar-refractivity contribution in [1.82, 2.24) is 9.97 Å². The van der Waals surface area contributed by atoms with Gasteiger partial charge in [0.05, 0.1) is 6.61 Å². The summed E-state index contributed by atoms with van der Waals surface area (Å²) in [6.45, 7) is 2.60. The van der Waals surface area contributed by atoms with Gasteiger partial charge in [0.15, 0.2) is 0 Å². The van der Waals surface area contributed by atoms with Crippen molar-refractivity contribution in [2.75, 3.05) is 6.61 Å². The highest BCUT2D eigenvalue weighted by Crippen LogP contribution is 2.38. The van der Waals surface area contributed by atoms with Crippen molar-refractivity contribution < 1.29 is 14.6 Å². The van der Waals surface area contributed by atoms with Crippen LogP contribution < -0.4 is 9.47 Å². The van der Waals surface area contributed by atoms with Crippen molar-refractivity contribution in [2.45, 2.75) is 19.4 Å². The van der Waals surface area contributed by atoms with Gasteiger partial charge in [0.1, 0.15) is 29.2 Å². The van der Waals surface area contributed by atoms with Gasteiger partial charge in [-0.15, -0.1) is 0 Å². The zero-order valence-electron chi connectivity index (χ0n) is 14.5. The molecule has 0 aliphatic carbocycles. The minimum atomic E-state index is -0.149. The maximum Gasteiger partial charge on any atom is 0.143 e. The normalized spacial score (nSPS) is 15.7. The number of allylic oxidation sites excluding steroid dienone is 1. The molecule has 1 aromatic heterocycles. The van der Waals surface area contributed by atoms with Gasteiger partial charge in [-0.1, -0.05) is 12.1 Å². The Balaban J connectivity index is 1.42. The van der Waals surface area contributed by atoms with Gasteiger partial charge in [-0.25, -0.2) is 4.98 Å². The second-order valence-corrected chi connectivity index (χ2v) is 6.27. The van der Waals surface area contributed by atoms with Crippen molar-refractivity contribution >= 4 is 5.57 Å². The van der Waals surface area contributed by atoms with Crippen LogP contribution in [0.4, 0.5) is 0 Å². The van der Waals surface area contributed by atoms with Crippen LogP contribution in [-0.4, -0.2) is 21.7 Å². The lowest BCUT2D eigenvalue weighted by Gasteiger charge is -2.24. The molecule has 0 radical (unpaired) electrons. The summed E-state index contributed by atoms with van der Waals surface area (Å²) in [6, 6.07) is 13.1. The molecule has 4 rings (SSSR count). The summed E-state index contributed by atoms with van der Waals surface area (Å²) >= 11 is 0. The fourth-order valence-corrected chi connectivity index (χ4v) is 3.03. The largest absolute Gasteiger partial charge is 0.508 e. The molecule has 2 heterocycles. The molecule has 5 heteroatoms. The number of phenolic OH excluding ortho intramolecular Hbond substituents is 1. The van der Waals surface area contributed by atoms with Crippen LogP contribution in [0, 0.1) is 0 Å². The number of aromatic nitrogens is 2. The van der Waals surface area contributed by atoms with E-state index in [9.17, 15) is 5.11 Å². The molecule has 1 atom stereocenters. The van der Waals surface area contributed by atoms with E-state index in [2.05, 4.69) is 16.0 Å². The number of H-pyrrole nitrogens is 1. The number of aromatic hydroxyl groups is 1. The van der Waals surface area contributed by atoms with Crippen LogP contribution in [0.5, 0.6) is 17.2 Å². The lowest BCUT2D eigenvalue weighted by molar-refractivity contribution is 0.250. The molecule has 1 aliphatic rings. The summed E-state index contributed by atoms with van der Waals surface area (Å²) in [5, 5.41) is 9.65. The first kappa shape index (κ1) is 16.3. The van der Waals surface area contributed by atoms with Gasteiger partial charge in [-0.3, -0.25) is 0 Å². The molecule has 5 nitrogen and oxygen atoms in total. The first-order chi connectivity index (χ1) is 12.7. The smallest absolute Gasteiger partial charge is 0.143 e. The third-order valence-electron chi connectivity index (χ3n) is 4.41. The van der Waals surface area contributed by atoms with E-state index in [0.717, 1.165) is 40.4 Å². The predicted octanol–water partition coefficient (Wildman–Crippen LogP) is 4.27. The van der Waals surface area contributed by atoms with E-state index in [-0.39, 0.29) is 11.9 Å². The Morgan fingerprint density at radius 1 is 1.19 bits per heavy atom. The molecule has 1 unspecified atom stereocenters. The first-order valence-corrected chi connectivity index (χ1v) is 8.58. The Labute approximate surface area is 151 Å².